The number of likely N-dealkylation sites (tertiary alicyclic amines) is 1. The molecule has 1 atom stereocenters. The molecule has 0 bridgehead atoms. The van der Waals surface area contributed by atoms with Crippen LogP contribution in [-0.4, -0.2) is 58.5 Å². The molecule has 0 spiro atoms. The zero-order valence-corrected chi connectivity index (χ0v) is 15.0. The highest BCUT2D eigenvalue weighted by atomic mass is 32.2. The second-order valence-electron chi connectivity index (χ2n) is 6.79. The van der Waals surface area contributed by atoms with Gasteiger partial charge in [0, 0.05) is 54.1 Å². The zero-order valence-electron chi connectivity index (χ0n) is 13.4. The van der Waals surface area contributed by atoms with Gasteiger partial charge in [0.1, 0.15) is 0 Å². The van der Waals surface area contributed by atoms with Gasteiger partial charge in [0.05, 0.1) is 0 Å². The quantitative estimate of drug-likeness (QED) is 0.908. The van der Waals surface area contributed by atoms with E-state index in [0.29, 0.717) is 30.5 Å². The fourth-order valence-corrected chi connectivity index (χ4v) is 6.42. The fraction of sp³-hybridized carbons (Fsp3) is 0.611. The van der Waals surface area contributed by atoms with E-state index in [1.54, 1.807) is 0 Å². The largest absolute Gasteiger partial charge is 0.337 e. The Bertz CT molecular complexity index is 547. The Morgan fingerprint density at radius 3 is 2.26 bits per heavy atom. The zero-order chi connectivity index (χ0) is 15.6. The summed E-state index contributed by atoms with van der Waals surface area (Å²) in [6.07, 6.45) is 2.74. The minimum atomic E-state index is 0.342. The molecule has 0 aromatic heterocycles. The Morgan fingerprint density at radius 1 is 0.957 bits per heavy atom. The predicted molar refractivity (Wildman–Crippen MR) is 99.3 cm³/mol. The molecule has 5 heteroatoms. The van der Waals surface area contributed by atoms with Gasteiger partial charge >= 0.3 is 0 Å². The molecule has 2 heterocycles. The number of carbonyl (C=O) groups excluding carboxylic acids is 1. The number of benzene rings is 1. The molecule has 124 valence electrons. The van der Waals surface area contributed by atoms with Crippen molar-refractivity contribution in [2.45, 2.75) is 37.4 Å². The van der Waals surface area contributed by atoms with Crippen molar-refractivity contribution in [3.05, 3.63) is 35.4 Å². The van der Waals surface area contributed by atoms with E-state index < -0.39 is 0 Å². The molecule has 0 saturated carbocycles. The number of nitrogens with one attached hydrogen (secondary N) is 1. The number of nitrogens with zero attached hydrogens (tertiary/aromatic N) is 1. The number of hydrogen-bond acceptors (Lipinski definition) is 4. The van der Waals surface area contributed by atoms with Crippen LogP contribution in [0.15, 0.2) is 24.3 Å². The summed E-state index contributed by atoms with van der Waals surface area (Å²) in [6.45, 7) is 0.892. The summed E-state index contributed by atoms with van der Waals surface area (Å²) in [5.41, 5.74) is 2.86. The van der Waals surface area contributed by atoms with Crippen LogP contribution in [0.4, 0.5) is 0 Å². The molecule has 4 rings (SSSR count). The summed E-state index contributed by atoms with van der Waals surface area (Å²) in [7, 11) is 0. The van der Waals surface area contributed by atoms with Crippen molar-refractivity contribution in [2.24, 2.45) is 0 Å². The molecule has 1 amide bonds. The Morgan fingerprint density at radius 2 is 1.61 bits per heavy atom. The fourth-order valence-electron chi connectivity index (χ4n) is 4.00. The van der Waals surface area contributed by atoms with Crippen LogP contribution >= 0.6 is 23.5 Å². The molecule has 3 nitrogen and oxygen atoms in total. The number of thioether (sulfide) groups is 2. The van der Waals surface area contributed by atoms with Gasteiger partial charge in [-0.25, -0.2) is 0 Å². The van der Waals surface area contributed by atoms with E-state index >= 15 is 0 Å². The molecule has 2 saturated heterocycles. The van der Waals surface area contributed by atoms with Crippen LogP contribution in [0.3, 0.4) is 0 Å². The average Bonchev–Trinajstić information content (AvgIpc) is 3.03. The van der Waals surface area contributed by atoms with Crippen LogP contribution < -0.4 is 5.32 Å². The Kier molecular flexibility index (Phi) is 4.88. The lowest BCUT2D eigenvalue weighted by molar-refractivity contribution is -0.129. The minimum Gasteiger partial charge on any atom is -0.337 e. The van der Waals surface area contributed by atoms with Crippen LogP contribution in [0.2, 0.25) is 0 Å². The molecule has 1 unspecified atom stereocenters. The Labute approximate surface area is 147 Å². The van der Waals surface area contributed by atoms with E-state index in [4.69, 9.17) is 0 Å². The lowest BCUT2D eigenvalue weighted by Gasteiger charge is -2.25. The van der Waals surface area contributed by atoms with Gasteiger partial charge in [-0.15, -0.1) is 0 Å². The molecule has 2 fully saturated rings. The highest BCUT2D eigenvalue weighted by Gasteiger charge is 2.37. The normalized spacial score (nSPS) is 26.5. The second-order valence-corrected chi connectivity index (χ2v) is 9.09. The molecule has 1 aromatic carbocycles. The summed E-state index contributed by atoms with van der Waals surface area (Å²) in [5, 5.41) is 3.76. The van der Waals surface area contributed by atoms with E-state index in [0.717, 1.165) is 19.4 Å². The number of amides is 1. The smallest absolute Gasteiger partial charge is 0.224 e. The van der Waals surface area contributed by atoms with Gasteiger partial charge in [0.15, 0.2) is 0 Å². The van der Waals surface area contributed by atoms with Gasteiger partial charge in [0.2, 0.25) is 5.91 Å². The van der Waals surface area contributed by atoms with E-state index in [2.05, 4.69) is 34.5 Å². The van der Waals surface area contributed by atoms with E-state index in [9.17, 15) is 4.79 Å². The van der Waals surface area contributed by atoms with Crippen LogP contribution in [0.1, 0.15) is 17.5 Å². The second kappa shape index (κ2) is 7.08. The number of rotatable bonds is 3. The standard InChI is InChI=1S/C18H24N2OS2/c21-18-9-15(19-16-11-22-5-6-23-12-16)10-20(18)17-7-13-3-1-2-4-14(13)8-17/h1-4,15-17,19H,5-12H2. The third-order valence-electron chi connectivity index (χ3n) is 5.11. The van der Waals surface area contributed by atoms with Crippen molar-refractivity contribution in [2.75, 3.05) is 29.6 Å². The lowest BCUT2D eigenvalue weighted by Crippen LogP contribution is -2.44. The van der Waals surface area contributed by atoms with Crippen molar-refractivity contribution >= 4 is 29.4 Å². The summed E-state index contributed by atoms with van der Waals surface area (Å²) in [6, 6.07) is 9.93. The molecule has 23 heavy (non-hydrogen) atoms. The SMILES string of the molecule is O=C1CC(NC2CSCCSC2)CN1C1Cc2ccccc2C1. The number of hydrogen-bond donors (Lipinski definition) is 1. The topological polar surface area (TPSA) is 32.3 Å². The monoisotopic (exact) mass is 348 g/mol. The first-order valence-electron chi connectivity index (χ1n) is 8.57. The van der Waals surface area contributed by atoms with Crippen molar-refractivity contribution < 1.29 is 4.79 Å². The average molecular weight is 349 g/mol. The predicted octanol–water partition coefficient (Wildman–Crippen LogP) is 2.19. The summed E-state index contributed by atoms with van der Waals surface area (Å²) in [5.74, 6) is 5.24. The number of fused-ring (bicyclic) bond motifs is 1. The molecular formula is C18H24N2OS2. The third-order valence-corrected chi connectivity index (χ3v) is 7.63. The summed E-state index contributed by atoms with van der Waals surface area (Å²) < 4.78 is 0. The molecule has 0 radical (unpaired) electrons. The highest BCUT2D eigenvalue weighted by molar-refractivity contribution is 8.03. The maximum absolute atomic E-state index is 12.5. The van der Waals surface area contributed by atoms with Crippen LogP contribution in [0.25, 0.3) is 0 Å². The van der Waals surface area contributed by atoms with E-state index in [-0.39, 0.29) is 0 Å². The van der Waals surface area contributed by atoms with E-state index in [1.165, 1.54) is 34.1 Å². The van der Waals surface area contributed by atoms with Gasteiger partial charge in [-0.2, -0.15) is 23.5 Å². The van der Waals surface area contributed by atoms with Gasteiger partial charge in [-0.1, -0.05) is 24.3 Å². The summed E-state index contributed by atoms with van der Waals surface area (Å²) in [4.78, 5) is 14.7. The summed E-state index contributed by atoms with van der Waals surface area (Å²) >= 11 is 4.09. The van der Waals surface area contributed by atoms with Crippen LogP contribution in [0.5, 0.6) is 0 Å². The molecule has 1 aliphatic carbocycles. The first-order chi connectivity index (χ1) is 11.3. The highest BCUT2D eigenvalue weighted by Crippen LogP contribution is 2.28. The minimum absolute atomic E-state index is 0.342. The molecular weight excluding hydrogens is 324 g/mol. The lowest BCUT2D eigenvalue weighted by atomic mass is 10.1. The molecule has 1 N–H and O–H groups in total. The van der Waals surface area contributed by atoms with Gasteiger partial charge in [0.25, 0.3) is 0 Å². The van der Waals surface area contributed by atoms with Gasteiger partial charge < -0.3 is 10.2 Å². The maximum atomic E-state index is 12.5. The van der Waals surface area contributed by atoms with Crippen LogP contribution in [0, 0.1) is 0 Å². The molecule has 2 aliphatic heterocycles. The first kappa shape index (κ1) is 15.9. The number of carbonyl (C=O) groups is 1. The first-order valence-corrected chi connectivity index (χ1v) is 10.9. The molecule has 1 aromatic rings. The van der Waals surface area contributed by atoms with Crippen molar-refractivity contribution in [1.29, 1.82) is 0 Å². The van der Waals surface area contributed by atoms with Crippen molar-refractivity contribution in [3.63, 3.8) is 0 Å². The Hall–Kier alpha value is -0.650. The van der Waals surface area contributed by atoms with Crippen molar-refractivity contribution in [1.82, 2.24) is 10.2 Å². The third kappa shape index (κ3) is 3.57. The maximum Gasteiger partial charge on any atom is 0.224 e. The van der Waals surface area contributed by atoms with Gasteiger partial charge in [-0.05, 0) is 24.0 Å². The van der Waals surface area contributed by atoms with Crippen molar-refractivity contribution in [3.8, 4) is 0 Å². The van der Waals surface area contributed by atoms with E-state index in [1.807, 2.05) is 23.5 Å². The molecule has 3 aliphatic rings. The van der Waals surface area contributed by atoms with Gasteiger partial charge in [-0.3, -0.25) is 4.79 Å². The Balaban J connectivity index is 1.36. The van der Waals surface area contributed by atoms with Crippen LogP contribution in [-0.2, 0) is 17.6 Å².